The third-order valence-corrected chi connectivity index (χ3v) is 4.81. The number of carbonyl (C=O) groups is 1. The van der Waals surface area contributed by atoms with Crippen LogP contribution in [0.15, 0.2) is 0 Å². The number of ether oxygens (including phenoxy) is 1. The highest BCUT2D eigenvalue weighted by Crippen LogP contribution is 2.34. The Balaban J connectivity index is 2.80. The lowest BCUT2D eigenvalue weighted by Gasteiger charge is -2.41. The van der Waals surface area contributed by atoms with Crippen LogP contribution >= 0.6 is 12.2 Å². The number of nitrogens with two attached hydrogens (primary N) is 1. The Morgan fingerprint density at radius 3 is 2.37 bits per heavy atom. The molecule has 0 spiro atoms. The Morgan fingerprint density at radius 1 is 1.47 bits per heavy atom. The highest BCUT2D eigenvalue weighted by molar-refractivity contribution is 7.80. The van der Waals surface area contributed by atoms with Gasteiger partial charge in [-0.15, -0.1) is 0 Å². The Morgan fingerprint density at radius 2 is 2.00 bits per heavy atom. The number of hydrogen-bond donors (Lipinski definition) is 2. The molecule has 0 aliphatic heterocycles. The Kier molecular flexibility index (Phi) is 5.33. The van der Waals surface area contributed by atoms with Crippen molar-refractivity contribution in [3.05, 3.63) is 0 Å². The molecule has 1 fully saturated rings. The van der Waals surface area contributed by atoms with Gasteiger partial charge in [0, 0.05) is 7.11 Å². The fourth-order valence-electron chi connectivity index (χ4n) is 2.47. The van der Waals surface area contributed by atoms with Gasteiger partial charge in [-0.1, -0.05) is 25.6 Å². The van der Waals surface area contributed by atoms with Crippen LogP contribution in [0, 0.1) is 5.92 Å². The smallest absolute Gasteiger partial charge is 0.252 e. The molecule has 5 heteroatoms. The lowest BCUT2D eigenvalue weighted by molar-refractivity contribution is -0.141. The van der Waals surface area contributed by atoms with Crippen LogP contribution in [0.5, 0.6) is 0 Å². The molecule has 4 nitrogen and oxygen atoms in total. The predicted molar refractivity (Wildman–Crippen MR) is 81.0 cm³/mol. The van der Waals surface area contributed by atoms with E-state index in [0.717, 1.165) is 31.6 Å². The average Bonchev–Trinajstić information content (AvgIpc) is 2.39. The van der Waals surface area contributed by atoms with Crippen molar-refractivity contribution in [3.8, 4) is 0 Å². The maximum absolute atomic E-state index is 12.3. The summed E-state index contributed by atoms with van der Waals surface area (Å²) in [5.74, 6) is 0.563. The molecule has 0 aromatic heterocycles. The molecule has 0 aromatic carbocycles. The van der Waals surface area contributed by atoms with Gasteiger partial charge in [-0.25, -0.2) is 0 Å². The summed E-state index contributed by atoms with van der Waals surface area (Å²) in [5.41, 5.74) is 4.50. The van der Waals surface area contributed by atoms with Crippen LogP contribution < -0.4 is 11.1 Å². The van der Waals surface area contributed by atoms with Crippen molar-refractivity contribution in [2.24, 2.45) is 11.7 Å². The van der Waals surface area contributed by atoms with Gasteiger partial charge in [-0.05, 0) is 45.4 Å². The van der Waals surface area contributed by atoms with E-state index in [0.29, 0.717) is 4.99 Å². The summed E-state index contributed by atoms with van der Waals surface area (Å²) in [4.78, 5) is 12.7. The summed E-state index contributed by atoms with van der Waals surface area (Å²) in [7, 11) is 1.53. The van der Waals surface area contributed by atoms with Crippen LogP contribution in [0.4, 0.5) is 0 Å². The molecule has 0 unspecified atom stereocenters. The third-order valence-electron chi connectivity index (χ3n) is 4.42. The van der Waals surface area contributed by atoms with Gasteiger partial charge in [-0.3, -0.25) is 4.79 Å². The van der Waals surface area contributed by atoms with Crippen LogP contribution in [0.2, 0.25) is 0 Å². The number of rotatable bonds is 5. The largest absolute Gasteiger partial charge is 0.391 e. The Labute approximate surface area is 121 Å². The van der Waals surface area contributed by atoms with Crippen LogP contribution in [-0.4, -0.2) is 29.1 Å². The number of thiocarbonyl (C=S) groups is 1. The second-order valence-corrected chi connectivity index (χ2v) is 6.41. The van der Waals surface area contributed by atoms with E-state index in [9.17, 15) is 4.79 Å². The summed E-state index contributed by atoms with van der Waals surface area (Å²) in [5, 5.41) is 3.04. The molecule has 1 saturated carbocycles. The van der Waals surface area contributed by atoms with Gasteiger partial charge < -0.3 is 15.8 Å². The maximum Gasteiger partial charge on any atom is 0.252 e. The van der Waals surface area contributed by atoms with Crippen molar-refractivity contribution in [2.75, 3.05) is 7.11 Å². The quantitative estimate of drug-likeness (QED) is 0.760. The van der Waals surface area contributed by atoms with Crippen LogP contribution in [0.3, 0.4) is 0 Å². The maximum atomic E-state index is 12.3. The van der Waals surface area contributed by atoms with E-state index in [1.54, 1.807) is 13.8 Å². The Hall–Kier alpha value is -0.680. The fourth-order valence-corrected chi connectivity index (χ4v) is 2.73. The van der Waals surface area contributed by atoms with Crippen molar-refractivity contribution < 1.29 is 9.53 Å². The highest BCUT2D eigenvalue weighted by Gasteiger charge is 2.41. The molecule has 1 aliphatic rings. The first kappa shape index (κ1) is 16.4. The molecule has 1 aliphatic carbocycles. The van der Waals surface area contributed by atoms with Gasteiger partial charge in [-0.2, -0.15) is 0 Å². The predicted octanol–water partition coefficient (Wildman–Crippen LogP) is 2.15. The molecule has 0 bridgehead atoms. The molecule has 0 saturated heterocycles. The number of carbonyl (C=O) groups excluding carboxylic acids is 1. The van der Waals surface area contributed by atoms with E-state index >= 15 is 0 Å². The summed E-state index contributed by atoms with van der Waals surface area (Å²) in [6.07, 6.45) is 4.94. The van der Waals surface area contributed by atoms with Crippen molar-refractivity contribution >= 4 is 23.1 Å². The molecule has 1 rings (SSSR count). The summed E-state index contributed by atoms with van der Waals surface area (Å²) in [6.45, 7) is 5.69. The zero-order valence-electron chi connectivity index (χ0n) is 12.4. The zero-order valence-corrected chi connectivity index (χ0v) is 13.2. The van der Waals surface area contributed by atoms with Crippen LogP contribution in [0.1, 0.15) is 52.9 Å². The molecule has 0 heterocycles. The van der Waals surface area contributed by atoms with Gasteiger partial charge in [0.1, 0.15) is 5.60 Å². The Bertz CT molecular complexity index is 347. The lowest BCUT2D eigenvalue weighted by Crippen LogP contribution is -2.62. The molecule has 0 aromatic rings. The van der Waals surface area contributed by atoms with Crippen molar-refractivity contribution in [3.63, 3.8) is 0 Å². The summed E-state index contributed by atoms with van der Waals surface area (Å²) < 4.78 is 5.21. The zero-order chi connectivity index (χ0) is 14.7. The second-order valence-electron chi connectivity index (χ2n) is 5.97. The standard InChI is InChI=1S/C14H26N2O2S/c1-5-10-6-8-14(9-7-10,11(15)19)16-12(17)13(2,3)18-4/h10H,5-9H2,1-4H3,(H2,15,19)(H,16,17). The molecular weight excluding hydrogens is 260 g/mol. The van der Waals surface area contributed by atoms with Gasteiger partial charge in [0.15, 0.2) is 0 Å². The number of hydrogen-bond acceptors (Lipinski definition) is 3. The van der Waals surface area contributed by atoms with Gasteiger partial charge >= 0.3 is 0 Å². The van der Waals surface area contributed by atoms with E-state index in [4.69, 9.17) is 22.7 Å². The average molecular weight is 286 g/mol. The molecule has 3 N–H and O–H groups in total. The SMILES string of the molecule is CCC1CCC(NC(=O)C(C)(C)OC)(C(N)=S)CC1. The summed E-state index contributed by atoms with van der Waals surface area (Å²) in [6, 6.07) is 0. The minimum absolute atomic E-state index is 0.155. The van der Waals surface area contributed by atoms with E-state index in [1.165, 1.54) is 13.5 Å². The van der Waals surface area contributed by atoms with Crippen molar-refractivity contribution in [1.82, 2.24) is 5.32 Å². The fraction of sp³-hybridized carbons (Fsp3) is 0.857. The topological polar surface area (TPSA) is 64.3 Å². The van der Waals surface area contributed by atoms with Crippen LogP contribution in [-0.2, 0) is 9.53 Å². The molecule has 110 valence electrons. The highest BCUT2D eigenvalue weighted by atomic mass is 32.1. The van der Waals surface area contributed by atoms with Crippen molar-refractivity contribution in [2.45, 2.75) is 64.0 Å². The first-order chi connectivity index (χ1) is 8.77. The normalized spacial score (nSPS) is 27.9. The van der Waals surface area contributed by atoms with E-state index in [1.807, 2.05) is 0 Å². The first-order valence-electron chi connectivity index (χ1n) is 6.95. The van der Waals surface area contributed by atoms with Gasteiger partial charge in [0.25, 0.3) is 5.91 Å². The third kappa shape index (κ3) is 3.66. The lowest BCUT2D eigenvalue weighted by atomic mass is 9.75. The van der Waals surface area contributed by atoms with Crippen LogP contribution in [0.25, 0.3) is 0 Å². The number of nitrogens with one attached hydrogen (secondary N) is 1. The van der Waals surface area contributed by atoms with Crippen molar-refractivity contribution in [1.29, 1.82) is 0 Å². The summed E-state index contributed by atoms with van der Waals surface area (Å²) >= 11 is 5.20. The number of amides is 1. The number of methoxy groups -OCH3 is 1. The van der Waals surface area contributed by atoms with Gasteiger partial charge in [0.05, 0.1) is 10.5 Å². The molecule has 0 radical (unpaired) electrons. The monoisotopic (exact) mass is 286 g/mol. The second kappa shape index (κ2) is 6.18. The first-order valence-corrected chi connectivity index (χ1v) is 7.36. The molecular formula is C14H26N2O2S. The van der Waals surface area contributed by atoms with E-state index < -0.39 is 11.1 Å². The minimum atomic E-state index is -0.862. The molecule has 0 atom stereocenters. The van der Waals surface area contributed by atoms with E-state index in [2.05, 4.69) is 12.2 Å². The van der Waals surface area contributed by atoms with E-state index in [-0.39, 0.29) is 5.91 Å². The molecule has 1 amide bonds. The minimum Gasteiger partial charge on any atom is -0.391 e. The van der Waals surface area contributed by atoms with Gasteiger partial charge in [0.2, 0.25) is 0 Å². The molecule has 19 heavy (non-hydrogen) atoms.